The van der Waals surface area contributed by atoms with E-state index in [1.54, 1.807) is 18.2 Å². The maximum Gasteiger partial charge on any atom is 0.128 e. The van der Waals surface area contributed by atoms with Crippen LogP contribution in [-0.2, 0) is 5.54 Å². The minimum atomic E-state index is -0.645. The molecule has 3 heteroatoms. The quantitative estimate of drug-likeness (QED) is 0.767. The molecule has 0 aliphatic heterocycles. The van der Waals surface area contributed by atoms with Crippen molar-refractivity contribution in [3.63, 3.8) is 0 Å². The molecule has 1 fully saturated rings. The fourth-order valence-corrected chi connectivity index (χ4v) is 2.37. The minimum Gasteiger partial charge on any atom is -0.390 e. The molecule has 0 atom stereocenters. The van der Waals surface area contributed by atoms with Crippen LogP contribution < -0.4 is 5.73 Å². The predicted octanol–water partition coefficient (Wildman–Crippen LogP) is 2.30. The van der Waals surface area contributed by atoms with Crippen LogP contribution in [0.5, 0.6) is 0 Å². The van der Waals surface area contributed by atoms with Gasteiger partial charge >= 0.3 is 0 Å². The van der Waals surface area contributed by atoms with Crippen LogP contribution in [0, 0.1) is 5.82 Å². The molecule has 0 amide bonds. The van der Waals surface area contributed by atoms with E-state index < -0.39 is 11.1 Å². The van der Waals surface area contributed by atoms with Crippen LogP contribution in [0.4, 0.5) is 4.39 Å². The van der Waals surface area contributed by atoms with E-state index in [0.717, 1.165) is 0 Å². The van der Waals surface area contributed by atoms with Crippen molar-refractivity contribution in [1.82, 2.24) is 0 Å². The van der Waals surface area contributed by atoms with E-state index in [0.29, 0.717) is 31.2 Å². The van der Waals surface area contributed by atoms with E-state index in [4.69, 9.17) is 5.73 Å². The van der Waals surface area contributed by atoms with Crippen LogP contribution in [0.2, 0.25) is 0 Å². The largest absolute Gasteiger partial charge is 0.390 e. The van der Waals surface area contributed by atoms with Gasteiger partial charge in [0.2, 0.25) is 0 Å². The molecule has 1 aliphatic rings. The molecule has 16 heavy (non-hydrogen) atoms. The third-order valence-electron chi connectivity index (χ3n) is 3.63. The molecule has 0 radical (unpaired) electrons. The monoisotopic (exact) mass is 223 g/mol. The van der Waals surface area contributed by atoms with Gasteiger partial charge in [0.1, 0.15) is 5.82 Å². The Morgan fingerprint density at radius 1 is 1.19 bits per heavy atom. The summed E-state index contributed by atoms with van der Waals surface area (Å²) >= 11 is 0. The van der Waals surface area contributed by atoms with E-state index in [1.165, 1.54) is 6.07 Å². The van der Waals surface area contributed by atoms with Crippen molar-refractivity contribution < 1.29 is 9.50 Å². The summed E-state index contributed by atoms with van der Waals surface area (Å²) in [5.74, 6) is -0.244. The molecule has 3 N–H and O–H groups in total. The topological polar surface area (TPSA) is 46.2 Å². The van der Waals surface area contributed by atoms with E-state index in [2.05, 4.69) is 0 Å². The predicted molar refractivity (Wildman–Crippen MR) is 61.4 cm³/mol. The van der Waals surface area contributed by atoms with Crippen molar-refractivity contribution in [2.75, 3.05) is 0 Å². The zero-order chi connectivity index (χ0) is 11.8. The van der Waals surface area contributed by atoms with E-state index in [9.17, 15) is 9.50 Å². The first-order valence-electron chi connectivity index (χ1n) is 5.69. The summed E-state index contributed by atoms with van der Waals surface area (Å²) in [4.78, 5) is 0. The first-order chi connectivity index (χ1) is 7.43. The van der Waals surface area contributed by atoms with Crippen LogP contribution >= 0.6 is 0 Å². The van der Waals surface area contributed by atoms with Gasteiger partial charge in [0, 0.05) is 11.1 Å². The first kappa shape index (κ1) is 11.6. The van der Waals surface area contributed by atoms with Crippen LogP contribution in [0.15, 0.2) is 24.3 Å². The Bertz CT molecular complexity index is 379. The Balaban J connectivity index is 2.25. The Labute approximate surface area is 95.3 Å². The molecule has 1 aromatic carbocycles. The molecule has 0 saturated heterocycles. The maximum absolute atomic E-state index is 13.7. The molecule has 0 heterocycles. The fourth-order valence-electron chi connectivity index (χ4n) is 2.37. The molecule has 0 bridgehead atoms. The molecule has 1 aromatic rings. The SMILES string of the molecule is CC1(O)CCC(N)(c2ccccc2F)CC1. The van der Waals surface area contributed by atoms with E-state index in [1.807, 2.05) is 6.92 Å². The zero-order valence-electron chi connectivity index (χ0n) is 9.54. The van der Waals surface area contributed by atoms with Gasteiger partial charge in [-0.1, -0.05) is 18.2 Å². The lowest BCUT2D eigenvalue weighted by molar-refractivity contribution is 0.000332. The number of halogens is 1. The number of nitrogens with two attached hydrogens (primary N) is 1. The Kier molecular flexibility index (Phi) is 2.76. The smallest absolute Gasteiger partial charge is 0.128 e. The second kappa shape index (κ2) is 3.82. The standard InChI is InChI=1S/C13H18FNO/c1-12(16)6-8-13(15,9-7-12)10-4-2-3-5-11(10)14/h2-5,16H,6-9,15H2,1H3. The van der Waals surface area contributed by atoms with E-state index in [-0.39, 0.29) is 5.82 Å². The average molecular weight is 223 g/mol. The summed E-state index contributed by atoms with van der Waals surface area (Å²) in [7, 11) is 0. The van der Waals surface area contributed by atoms with Gasteiger partial charge < -0.3 is 10.8 Å². The van der Waals surface area contributed by atoms with Gasteiger partial charge in [-0.25, -0.2) is 4.39 Å². The number of rotatable bonds is 1. The number of hydrogen-bond acceptors (Lipinski definition) is 2. The summed E-state index contributed by atoms with van der Waals surface area (Å²) < 4.78 is 13.7. The maximum atomic E-state index is 13.7. The van der Waals surface area contributed by atoms with Crippen LogP contribution in [0.1, 0.15) is 38.2 Å². The highest BCUT2D eigenvalue weighted by atomic mass is 19.1. The van der Waals surface area contributed by atoms with Crippen LogP contribution in [-0.4, -0.2) is 10.7 Å². The lowest BCUT2D eigenvalue weighted by Crippen LogP contribution is -2.45. The zero-order valence-corrected chi connectivity index (χ0v) is 9.54. The van der Waals surface area contributed by atoms with Crippen molar-refractivity contribution in [1.29, 1.82) is 0 Å². The molecule has 0 unspecified atom stereocenters. The van der Waals surface area contributed by atoms with Gasteiger partial charge in [-0.15, -0.1) is 0 Å². The van der Waals surface area contributed by atoms with Gasteiger partial charge in [0.15, 0.2) is 0 Å². The Hall–Kier alpha value is -0.930. The molecule has 0 aromatic heterocycles. The van der Waals surface area contributed by atoms with Gasteiger partial charge in [0.05, 0.1) is 5.60 Å². The fraction of sp³-hybridized carbons (Fsp3) is 0.538. The number of hydrogen-bond donors (Lipinski definition) is 2. The van der Waals surface area contributed by atoms with Gasteiger partial charge in [-0.05, 0) is 38.7 Å². The third-order valence-corrected chi connectivity index (χ3v) is 3.63. The normalized spacial score (nSPS) is 35.0. The third kappa shape index (κ3) is 2.11. The molecule has 88 valence electrons. The summed E-state index contributed by atoms with van der Waals surface area (Å²) in [6.45, 7) is 1.81. The molecule has 2 rings (SSSR count). The van der Waals surface area contributed by atoms with E-state index >= 15 is 0 Å². The summed E-state index contributed by atoms with van der Waals surface area (Å²) in [6.07, 6.45) is 2.50. The summed E-state index contributed by atoms with van der Waals surface area (Å²) in [5.41, 5.74) is 5.56. The Morgan fingerprint density at radius 2 is 1.75 bits per heavy atom. The van der Waals surface area contributed by atoms with Crippen LogP contribution in [0.3, 0.4) is 0 Å². The Morgan fingerprint density at radius 3 is 2.31 bits per heavy atom. The van der Waals surface area contributed by atoms with Gasteiger partial charge in [0.25, 0.3) is 0 Å². The highest BCUT2D eigenvalue weighted by molar-refractivity contribution is 5.26. The lowest BCUT2D eigenvalue weighted by Gasteiger charge is -2.40. The summed E-state index contributed by atoms with van der Waals surface area (Å²) in [5, 5.41) is 9.87. The molecule has 2 nitrogen and oxygen atoms in total. The van der Waals surface area contributed by atoms with Crippen LogP contribution in [0.25, 0.3) is 0 Å². The molecule has 0 spiro atoms. The second-order valence-electron chi connectivity index (χ2n) is 5.13. The minimum absolute atomic E-state index is 0.244. The molecule has 1 saturated carbocycles. The highest BCUT2D eigenvalue weighted by Crippen LogP contribution is 2.39. The van der Waals surface area contributed by atoms with Gasteiger partial charge in [-0.3, -0.25) is 0 Å². The van der Waals surface area contributed by atoms with Crippen molar-refractivity contribution in [2.45, 2.75) is 43.7 Å². The lowest BCUT2D eigenvalue weighted by atomic mass is 9.72. The highest BCUT2D eigenvalue weighted by Gasteiger charge is 2.38. The number of aliphatic hydroxyl groups is 1. The van der Waals surface area contributed by atoms with Gasteiger partial charge in [-0.2, -0.15) is 0 Å². The molecule has 1 aliphatic carbocycles. The summed E-state index contributed by atoms with van der Waals surface area (Å²) in [6, 6.07) is 6.66. The average Bonchev–Trinajstić information content (AvgIpc) is 2.24. The molecular weight excluding hydrogens is 205 g/mol. The van der Waals surface area contributed by atoms with Crippen molar-refractivity contribution >= 4 is 0 Å². The molecular formula is C13H18FNO. The first-order valence-corrected chi connectivity index (χ1v) is 5.69. The van der Waals surface area contributed by atoms with Crippen molar-refractivity contribution in [2.24, 2.45) is 5.73 Å². The van der Waals surface area contributed by atoms with Crippen molar-refractivity contribution in [3.05, 3.63) is 35.6 Å². The second-order valence-corrected chi connectivity index (χ2v) is 5.13. The van der Waals surface area contributed by atoms with Crippen molar-refractivity contribution in [3.8, 4) is 0 Å². The number of benzene rings is 1.